The van der Waals surface area contributed by atoms with Gasteiger partial charge < -0.3 is 15.2 Å². The molecule has 0 aromatic heterocycles. The second-order valence-electron chi connectivity index (χ2n) is 3.40. The number of ether oxygens (including phenoxy) is 1. The van der Waals surface area contributed by atoms with Gasteiger partial charge in [0, 0.05) is 18.0 Å². The summed E-state index contributed by atoms with van der Waals surface area (Å²) >= 11 is 0. The fourth-order valence-electron chi connectivity index (χ4n) is 1.68. The Hall–Kier alpha value is -0.870. The van der Waals surface area contributed by atoms with Gasteiger partial charge in [0.05, 0.1) is 18.8 Å². The molecule has 72 valence electrons. The molecule has 2 N–H and O–H groups in total. The standard InChI is InChI=1S/C9H13NO3/c1-2-13-9(12)5-3-6-8(10-6)7(11)4-5/h3,6-8,10-11H,2,4H2,1H3/t6-,7-,8-/m0/s1. The number of hydrogen-bond donors (Lipinski definition) is 2. The summed E-state index contributed by atoms with van der Waals surface area (Å²) in [4.78, 5) is 11.3. The fraction of sp³-hybridized carbons (Fsp3) is 0.667. The summed E-state index contributed by atoms with van der Waals surface area (Å²) < 4.78 is 4.85. The minimum absolute atomic E-state index is 0.165. The largest absolute Gasteiger partial charge is 0.463 e. The van der Waals surface area contributed by atoms with Gasteiger partial charge in [-0.3, -0.25) is 0 Å². The van der Waals surface area contributed by atoms with Gasteiger partial charge in [-0.05, 0) is 6.92 Å². The summed E-state index contributed by atoms with van der Waals surface area (Å²) in [7, 11) is 0. The first kappa shape index (κ1) is 8.72. The molecule has 3 atom stereocenters. The number of aliphatic hydroxyl groups excluding tert-OH is 1. The molecule has 0 saturated carbocycles. The quantitative estimate of drug-likeness (QED) is 0.450. The number of carbonyl (C=O) groups is 1. The Bertz CT molecular complexity index is 262. The normalized spacial score (nSPS) is 36.2. The van der Waals surface area contributed by atoms with Crippen LogP contribution >= 0.6 is 0 Å². The van der Waals surface area contributed by atoms with Crippen molar-refractivity contribution in [3.8, 4) is 0 Å². The maximum absolute atomic E-state index is 11.3. The van der Waals surface area contributed by atoms with Crippen molar-refractivity contribution >= 4 is 5.97 Å². The minimum atomic E-state index is -0.436. The van der Waals surface area contributed by atoms with Gasteiger partial charge in [0.25, 0.3) is 0 Å². The van der Waals surface area contributed by atoms with E-state index in [0.29, 0.717) is 18.6 Å². The number of carbonyl (C=O) groups excluding carboxylic acids is 1. The monoisotopic (exact) mass is 183 g/mol. The highest BCUT2D eigenvalue weighted by Crippen LogP contribution is 2.28. The SMILES string of the molecule is CCOC(=O)C1=C[C@@H]2N[C@@H]2[C@@H](O)C1. The van der Waals surface area contributed by atoms with Crippen LogP contribution in [0.25, 0.3) is 0 Å². The van der Waals surface area contributed by atoms with Gasteiger partial charge >= 0.3 is 5.97 Å². The second kappa shape index (κ2) is 3.12. The first-order valence-corrected chi connectivity index (χ1v) is 4.54. The molecule has 1 saturated heterocycles. The molecule has 2 rings (SSSR count). The molecule has 1 heterocycles. The highest BCUT2D eigenvalue weighted by atomic mass is 16.5. The van der Waals surface area contributed by atoms with Crippen molar-refractivity contribution in [2.45, 2.75) is 31.5 Å². The lowest BCUT2D eigenvalue weighted by Crippen LogP contribution is -2.25. The third-order valence-corrected chi connectivity index (χ3v) is 2.42. The van der Waals surface area contributed by atoms with E-state index < -0.39 is 6.10 Å². The molecule has 4 heteroatoms. The van der Waals surface area contributed by atoms with Crippen molar-refractivity contribution in [3.63, 3.8) is 0 Å². The van der Waals surface area contributed by atoms with E-state index >= 15 is 0 Å². The first-order valence-electron chi connectivity index (χ1n) is 4.54. The molecule has 4 nitrogen and oxygen atoms in total. The predicted octanol–water partition coefficient (Wildman–Crippen LogP) is -0.419. The Balaban J connectivity index is 2.03. The van der Waals surface area contributed by atoms with Crippen LogP contribution in [-0.2, 0) is 9.53 Å². The van der Waals surface area contributed by atoms with E-state index in [4.69, 9.17) is 4.74 Å². The van der Waals surface area contributed by atoms with Gasteiger partial charge in [-0.2, -0.15) is 0 Å². The summed E-state index contributed by atoms with van der Waals surface area (Å²) in [5.74, 6) is -0.297. The zero-order valence-corrected chi connectivity index (χ0v) is 7.49. The van der Waals surface area contributed by atoms with Crippen LogP contribution in [0, 0.1) is 0 Å². The van der Waals surface area contributed by atoms with Crippen molar-refractivity contribution in [1.82, 2.24) is 5.32 Å². The van der Waals surface area contributed by atoms with Gasteiger partial charge in [0.1, 0.15) is 0 Å². The molecular weight excluding hydrogens is 170 g/mol. The van der Waals surface area contributed by atoms with Gasteiger partial charge in [0.15, 0.2) is 0 Å². The highest BCUT2D eigenvalue weighted by molar-refractivity contribution is 5.89. The van der Waals surface area contributed by atoms with Crippen LogP contribution in [0.4, 0.5) is 0 Å². The number of rotatable bonds is 2. The Labute approximate surface area is 76.6 Å². The summed E-state index contributed by atoms with van der Waals surface area (Å²) in [6.45, 7) is 2.16. The number of nitrogens with one attached hydrogen (secondary N) is 1. The average Bonchev–Trinajstić information content (AvgIpc) is 2.84. The Morgan fingerprint density at radius 1 is 1.85 bits per heavy atom. The van der Waals surface area contributed by atoms with Crippen molar-refractivity contribution in [3.05, 3.63) is 11.6 Å². The number of fused-ring (bicyclic) bond motifs is 1. The third kappa shape index (κ3) is 1.59. The lowest BCUT2D eigenvalue weighted by Gasteiger charge is -2.14. The molecule has 0 aromatic carbocycles. The lowest BCUT2D eigenvalue weighted by atomic mass is 9.97. The highest BCUT2D eigenvalue weighted by Gasteiger charge is 2.44. The molecule has 0 unspecified atom stereocenters. The van der Waals surface area contributed by atoms with Gasteiger partial charge in [-0.15, -0.1) is 0 Å². The van der Waals surface area contributed by atoms with Crippen LogP contribution in [0.3, 0.4) is 0 Å². The topological polar surface area (TPSA) is 68.5 Å². The van der Waals surface area contributed by atoms with E-state index in [1.165, 1.54) is 0 Å². The zero-order chi connectivity index (χ0) is 9.42. The van der Waals surface area contributed by atoms with Crippen molar-refractivity contribution < 1.29 is 14.6 Å². The van der Waals surface area contributed by atoms with E-state index in [0.717, 1.165) is 0 Å². The number of aliphatic hydroxyl groups is 1. The maximum atomic E-state index is 11.3. The lowest BCUT2D eigenvalue weighted by molar-refractivity contribution is -0.139. The van der Waals surface area contributed by atoms with E-state index in [9.17, 15) is 9.90 Å². The van der Waals surface area contributed by atoms with Crippen molar-refractivity contribution in [2.24, 2.45) is 0 Å². The molecule has 0 amide bonds. The predicted molar refractivity (Wildman–Crippen MR) is 46.1 cm³/mol. The Morgan fingerprint density at radius 2 is 2.62 bits per heavy atom. The third-order valence-electron chi connectivity index (χ3n) is 2.42. The summed E-state index contributed by atoms with van der Waals surface area (Å²) in [6.07, 6.45) is 1.83. The van der Waals surface area contributed by atoms with Gasteiger partial charge in [-0.25, -0.2) is 4.79 Å². The molecule has 0 bridgehead atoms. The van der Waals surface area contributed by atoms with Crippen molar-refractivity contribution in [1.29, 1.82) is 0 Å². The molecule has 1 aliphatic heterocycles. The molecule has 0 spiro atoms. The van der Waals surface area contributed by atoms with Crippen LogP contribution in [0.2, 0.25) is 0 Å². The average molecular weight is 183 g/mol. The van der Waals surface area contributed by atoms with E-state index in [-0.39, 0.29) is 18.1 Å². The van der Waals surface area contributed by atoms with E-state index in [2.05, 4.69) is 5.32 Å². The summed E-state index contributed by atoms with van der Waals surface area (Å²) in [5, 5.41) is 12.6. The molecule has 2 aliphatic rings. The van der Waals surface area contributed by atoms with Gasteiger partial charge in [-0.1, -0.05) is 6.08 Å². The molecule has 13 heavy (non-hydrogen) atoms. The number of esters is 1. The molecular formula is C9H13NO3. The maximum Gasteiger partial charge on any atom is 0.333 e. The summed E-state index contributed by atoms with van der Waals surface area (Å²) in [6, 6.07) is 0.348. The van der Waals surface area contributed by atoms with Crippen LogP contribution < -0.4 is 5.32 Å². The van der Waals surface area contributed by atoms with Crippen LogP contribution in [0.15, 0.2) is 11.6 Å². The van der Waals surface area contributed by atoms with E-state index in [1.807, 2.05) is 6.08 Å². The van der Waals surface area contributed by atoms with Gasteiger partial charge in [0.2, 0.25) is 0 Å². The van der Waals surface area contributed by atoms with E-state index in [1.54, 1.807) is 6.92 Å². The first-order chi connectivity index (χ1) is 6.22. The Kier molecular flexibility index (Phi) is 2.09. The number of hydrogen-bond acceptors (Lipinski definition) is 4. The van der Waals surface area contributed by atoms with Crippen LogP contribution in [0.1, 0.15) is 13.3 Å². The van der Waals surface area contributed by atoms with Crippen LogP contribution in [-0.4, -0.2) is 35.9 Å². The minimum Gasteiger partial charge on any atom is -0.463 e. The van der Waals surface area contributed by atoms with Crippen molar-refractivity contribution in [2.75, 3.05) is 6.61 Å². The second-order valence-corrected chi connectivity index (χ2v) is 3.40. The van der Waals surface area contributed by atoms with Crippen LogP contribution in [0.5, 0.6) is 0 Å². The Morgan fingerprint density at radius 3 is 3.23 bits per heavy atom. The molecule has 0 radical (unpaired) electrons. The summed E-state index contributed by atoms with van der Waals surface area (Å²) in [5.41, 5.74) is 0.598. The fourth-order valence-corrected chi connectivity index (χ4v) is 1.68. The zero-order valence-electron chi connectivity index (χ0n) is 7.49. The smallest absolute Gasteiger partial charge is 0.333 e. The molecule has 1 aliphatic carbocycles. The molecule has 1 fully saturated rings. The molecule has 0 aromatic rings.